The van der Waals surface area contributed by atoms with Crippen molar-refractivity contribution >= 4 is 29.5 Å². The molecular weight excluding hydrogens is 468 g/mol. The molecule has 0 aliphatic heterocycles. The second kappa shape index (κ2) is 9.06. The van der Waals surface area contributed by atoms with Crippen molar-refractivity contribution in [3.63, 3.8) is 0 Å². The number of rotatable bonds is 5. The molecule has 0 radical (unpaired) electrons. The van der Waals surface area contributed by atoms with Crippen LogP contribution in [-0.4, -0.2) is 56.2 Å². The van der Waals surface area contributed by atoms with Gasteiger partial charge in [0.2, 0.25) is 0 Å². The minimum absolute atomic E-state index is 0.0663. The predicted octanol–water partition coefficient (Wildman–Crippen LogP) is 2.90. The molecule has 4 rings (SSSR count). The van der Waals surface area contributed by atoms with Gasteiger partial charge in [-0.3, -0.25) is 4.79 Å². The monoisotopic (exact) mass is 494 g/mol. The fourth-order valence-electron chi connectivity index (χ4n) is 4.30. The zero-order chi connectivity index (χ0) is 26.4. The van der Waals surface area contributed by atoms with Crippen LogP contribution >= 0.6 is 0 Å². The van der Waals surface area contributed by atoms with Crippen LogP contribution in [0, 0.1) is 6.92 Å². The molecule has 3 aromatic rings. The Labute approximate surface area is 206 Å². The third kappa shape index (κ3) is 4.51. The smallest absolute Gasteiger partial charge is 0.356 e. The first-order chi connectivity index (χ1) is 16.9. The van der Waals surface area contributed by atoms with Crippen LogP contribution in [0.2, 0.25) is 0 Å². The predicted molar refractivity (Wildman–Crippen MR) is 126 cm³/mol. The van der Waals surface area contributed by atoms with E-state index in [0.29, 0.717) is 18.4 Å². The molecule has 1 amide bonds. The number of hydrogen-bond donors (Lipinski definition) is 2. The Balaban J connectivity index is 1.66. The fourth-order valence-corrected chi connectivity index (χ4v) is 4.30. The Hall–Kier alpha value is -4.28. The van der Waals surface area contributed by atoms with Gasteiger partial charge in [-0.1, -0.05) is 6.07 Å². The Morgan fingerprint density at radius 3 is 2.50 bits per heavy atom. The van der Waals surface area contributed by atoms with Crippen LogP contribution in [-0.2, 0) is 15.9 Å². The SMILES string of the molecule is COC(=O)c1cc(C(=O)N[C@H]2CCc3c2ccc(C(=O)OC(C)(C)C)c3C)n2ncc(C(=O)O)c2n1. The van der Waals surface area contributed by atoms with Crippen LogP contribution in [0.4, 0.5) is 0 Å². The highest BCUT2D eigenvalue weighted by Gasteiger charge is 2.30. The normalized spacial score (nSPS) is 14.9. The van der Waals surface area contributed by atoms with E-state index in [2.05, 4.69) is 15.4 Å². The highest BCUT2D eigenvalue weighted by molar-refractivity contribution is 6.00. The summed E-state index contributed by atoms with van der Waals surface area (Å²) in [5.74, 6) is -3.09. The van der Waals surface area contributed by atoms with Gasteiger partial charge in [-0.25, -0.2) is 23.9 Å². The van der Waals surface area contributed by atoms with Crippen LogP contribution in [0.25, 0.3) is 5.65 Å². The van der Waals surface area contributed by atoms with E-state index in [1.54, 1.807) is 32.9 Å². The van der Waals surface area contributed by atoms with E-state index < -0.39 is 29.4 Å². The average molecular weight is 495 g/mol. The lowest BCUT2D eigenvalue weighted by Gasteiger charge is -2.21. The molecule has 1 aromatic carbocycles. The lowest BCUT2D eigenvalue weighted by Crippen LogP contribution is -2.30. The van der Waals surface area contributed by atoms with Gasteiger partial charge in [0.05, 0.1) is 24.9 Å². The number of ether oxygens (including phenoxy) is 2. The number of esters is 2. The number of hydrogen-bond acceptors (Lipinski definition) is 8. The number of benzene rings is 1. The maximum atomic E-state index is 13.3. The van der Waals surface area contributed by atoms with Crippen LogP contribution in [0.5, 0.6) is 0 Å². The molecule has 1 aliphatic rings. The molecular formula is C25H26N4O7. The zero-order valence-electron chi connectivity index (χ0n) is 20.5. The van der Waals surface area contributed by atoms with Crippen LogP contribution in [0.1, 0.15) is 91.6 Å². The van der Waals surface area contributed by atoms with Crippen LogP contribution in [0.3, 0.4) is 0 Å². The minimum atomic E-state index is -1.30. The summed E-state index contributed by atoms with van der Waals surface area (Å²) in [6.45, 7) is 7.27. The second-order valence-electron chi connectivity index (χ2n) is 9.49. The lowest BCUT2D eigenvalue weighted by atomic mass is 9.97. The largest absolute Gasteiger partial charge is 0.477 e. The number of carboxylic acids is 1. The molecule has 0 spiro atoms. The average Bonchev–Trinajstić information content (AvgIpc) is 3.41. The second-order valence-corrected chi connectivity index (χ2v) is 9.49. The number of methoxy groups -OCH3 is 1. The molecule has 2 N–H and O–H groups in total. The Morgan fingerprint density at radius 2 is 1.86 bits per heavy atom. The molecule has 0 unspecified atom stereocenters. The van der Waals surface area contributed by atoms with E-state index in [4.69, 9.17) is 9.47 Å². The Bertz CT molecular complexity index is 1420. The van der Waals surface area contributed by atoms with Gasteiger partial charge < -0.3 is 19.9 Å². The molecule has 1 aliphatic carbocycles. The molecule has 188 valence electrons. The standard InChI is InChI=1S/C25H26N4O7/c1-12-13-8-9-17(15(13)7-6-14(12)23(33)36-25(2,3)4)28-21(30)19-10-18(24(34)35-5)27-20-16(22(31)32)11-26-29(19)20/h6-7,10-11,17H,8-9H2,1-5H3,(H,28,30)(H,31,32)/t17-/m0/s1. The first kappa shape index (κ1) is 24.8. The van der Waals surface area contributed by atoms with Gasteiger partial charge in [0.25, 0.3) is 5.91 Å². The molecule has 2 aromatic heterocycles. The molecule has 1 atom stereocenters. The number of amides is 1. The number of nitrogens with one attached hydrogen (secondary N) is 1. The molecule has 2 heterocycles. The number of aromatic carboxylic acids is 1. The molecule has 0 fully saturated rings. The van der Waals surface area contributed by atoms with E-state index in [-0.39, 0.29) is 28.6 Å². The van der Waals surface area contributed by atoms with E-state index in [1.807, 2.05) is 6.92 Å². The van der Waals surface area contributed by atoms with Gasteiger partial charge in [-0.05, 0) is 63.3 Å². The number of aromatic nitrogens is 3. The summed E-state index contributed by atoms with van der Waals surface area (Å²) in [6.07, 6.45) is 2.30. The molecule has 11 heteroatoms. The summed E-state index contributed by atoms with van der Waals surface area (Å²) < 4.78 is 11.3. The molecule has 0 saturated heterocycles. The Morgan fingerprint density at radius 1 is 1.14 bits per heavy atom. The van der Waals surface area contributed by atoms with Crippen molar-refractivity contribution in [1.82, 2.24) is 19.9 Å². The van der Waals surface area contributed by atoms with Gasteiger partial charge in [0, 0.05) is 6.07 Å². The maximum absolute atomic E-state index is 13.3. The van der Waals surface area contributed by atoms with E-state index in [1.165, 1.54) is 6.07 Å². The molecule has 0 saturated carbocycles. The number of nitrogens with zero attached hydrogens (tertiary/aromatic N) is 3. The quantitative estimate of drug-likeness (QED) is 0.511. The summed E-state index contributed by atoms with van der Waals surface area (Å²) in [7, 11) is 1.16. The summed E-state index contributed by atoms with van der Waals surface area (Å²) in [6, 6.07) is 4.34. The van der Waals surface area contributed by atoms with Crippen molar-refractivity contribution in [2.24, 2.45) is 0 Å². The number of carbonyl (C=O) groups excluding carboxylic acids is 3. The highest BCUT2D eigenvalue weighted by Crippen LogP contribution is 2.35. The summed E-state index contributed by atoms with van der Waals surface area (Å²) in [4.78, 5) is 53.6. The van der Waals surface area contributed by atoms with Crippen molar-refractivity contribution in [1.29, 1.82) is 0 Å². The first-order valence-corrected chi connectivity index (χ1v) is 11.3. The molecule has 36 heavy (non-hydrogen) atoms. The summed E-state index contributed by atoms with van der Waals surface area (Å²) >= 11 is 0. The van der Waals surface area contributed by atoms with Gasteiger partial charge in [-0.15, -0.1) is 0 Å². The Kier molecular flexibility index (Phi) is 6.25. The minimum Gasteiger partial charge on any atom is -0.477 e. The van der Waals surface area contributed by atoms with Gasteiger partial charge in [0.15, 0.2) is 11.3 Å². The molecule has 0 bridgehead atoms. The van der Waals surface area contributed by atoms with Crippen molar-refractivity contribution in [3.05, 3.63) is 63.6 Å². The third-order valence-electron chi connectivity index (χ3n) is 5.95. The van der Waals surface area contributed by atoms with Gasteiger partial charge in [0.1, 0.15) is 16.9 Å². The highest BCUT2D eigenvalue weighted by atomic mass is 16.6. The van der Waals surface area contributed by atoms with Gasteiger partial charge >= 0.3 is 17.9 Å². The maximum Gasteiger partial charge on any atom is 0.356 e. The topological polar surface area (TPSA) is 149 Å². The molecule has 11 nitrogen and oxygen atoms in total. The van der Waals surface area contributed by atoms with E-state index in [0.717, 1.165) is 34.5 Å². The number of carbonyl (C=O) groups is 4. The summed E-state index contributed by atoms with van der Waals surface area (Å²) in [5, 5.41) is 16.4. The van der Waals surface area contributed by atoms with Crippen LogP contribution in [0.15, 0.2) is 24.4 Å². The van der Waals surface area contributed by atoms with E-state index >= 15 is 0 Å². The van der Waals surface area contributed by atoms with Crippen molar-refractivity contribution in [2.45, 2.75) is 52.2 Å². The fraction of sp³-hybridized carbons (Fsp3) is 0.360. The van der Waals surface area contributed by atoms with E-state index in [9.17, 15) is 24.3 Å². The summed E-state index contributed by atoms with van der Waals surface area (Å²) in [5.41, 5.74) is 1.80. The van der Waals surface area contributed by atoms with Crippen molar-refractivity contribution in [3.8, 4) is 0 Å². The lowest BCUT2D eigenvalue weighted by molar-refractivity contribution is 0.00680. The number of carboxylic acid groups (broad SMARTS) is 1. The third-order valence-corrected chi connectivity index (χ3v) is 5.95. The van der Waals surface area contributed by atoms with Crippen molar-refractivity contribution < 1.29 is 33.8 Å². The van der Waals surface area contributed by atoms with Crippen LogP contribution < -0.4 is 5.32 Å². The zero-order valence-corrected chi connectivity index (χ0v) is 20.5. The first-order valence-electron chi connectivity index (χ1n) is 11.3. The van der Waals surface area contributed by atoms with Gasteiger partial charge in [-0.2, -0.15) is 5.10 Å². The van der Waals surface area contributed by atoms with Crippen molar-refractivity contribution in [2.75, 3.05) is 7.11 Å². The number of fused-ring (bicyclic) bond motifs is 2.